The molecule has 8 nitrogen and oxygen atoms in total. The molecule has 1 atom stereocenters. The highest BCUT2D eigenvalue weighted by molar-refractivity contribution is 5.88. The van der Waals surface area contributed by atoms with Crippen molar-refractivity contribution in [1.29, 1.82) is 0 Å². The second-order valence-electron chi connectivity index (χ2n) is 5.17. The summed E-state index contributed by atoms with van der Waals surface area (Å²) in [7, 11) is 1.27. The first-order chi connectivity index (χ1) is 9.90. The molecule has 0 aliphatic carbocycles. The number of hydrogen-bond acceptors (Lipinski definition) is 6. The number of rotatable bonds is 7. The minimum absolute atomic E-state index is 0.00358. The van der Waals surface area contributed by atoms with Crippen molar-refractivity contribution >= 4 is 11.9 Å². The summed E-state index contributed by atoms with van der Waals surface area (Å²) in [6.07, 6.45) is 0.393. The van der Waals surface area contributed by atoms with E-state index >= 15 is 0 Å². The van der Waals surface area contributed by atoms with Crippen LogP contribution < -0.4 is 11.1 Å². The third-order valence-electron chi connectivity index (χ3n) is 3.28. The fourth-order valence-electron chi connectivity index (χ4n) is 1.70. The van der Waals surface area contributed by atoms with Crippen LogP contribution in [-0.2, 0) is 22.5 Å². The van der Waals surface area contributed by atoms with Crippen LogP contribution in [0, 0.1) is 5.92 Å². The van der Waals surface area contributed by atoms with Gasteiger partial charge in [0, 0.05) is 12.5 Å². The Hall–Kier alpha value is -1.96. The predicted molar refractivity (Wildman–Crippen MR) is 76.6 cm³/mol. The number of aromatic nitrogens is 3. The average Bonchev–Trinajstić information content (AvgIpc) is 2.81. The van der Waals surface area contributed by atoms with Crippen LogP contribution in [0.25, 0.3) is 0 Å². The number of amides is 1. The summed E-state index contributed by atoms with van der Waals surface area (Å²) >= 11 is 0. The molecule has 1 aromatic rings. The number of nitrogens with zero attached hydrogens (tertiary/aromatic N) is 3. The number of ether oxygens (including phenoxy) is 1. The van der Waals surface area contributed by atoms with Gasteiger partial charge < -0.3 is 15.8 Å². The Kier molecular flexibility index (Phi) is 6.29. The second kappa shape index (κ2) is 7.72. The fraction of sp³-hybridized carbons (Fsp3) is 0.692. The van der Waals surface area contributed by atoms with E-state index in [-0.39, 0.29) is 24.2 Å². The molecule has 3 N–H and O–H groups in total. The molecule has 0 saturated heterocycles. The molecule has 1 amide bonds. The summed E-state index contributed by atoms with van der Waals surface area (Å²) in [5.74, 6) is -0.435. The van der Waals surface area contributed by atoms with Gasteiger partial charge in [0.1, 0.15) is 6.54 Å². The number of esters is 1. The highest BCUT2D eigenvalue weighted by Crippen LogP contribution is 2.08. The molecule has 1 rings (SSSR count). The van der Waals surface area contributed by atoms with Crippen molar-refractivity contribution in [2.24, 2.45) is 11.7 Å². The normalized spacial score (nSPS) is 12.3. The standard InChI is InChI=1S/C13H23N5O3/c1-8(2)9(3)15-11(19)7-18-10(5-6-14)12(16-17-18)13(20)21-4/h8-9H,5-7,14H2,1-4H3,(H,15,19). The molecular formula is C13H23N5O3. The van der Waals surface area contributed by atoms with Crippen molar-refractivity contribution in [2.45, 2.75) is 39.8 Å². The van der Waals surface area contributed by atoms with E-state index in [1.165, 1.54) is 11.8 Å². The van der Waals surface area contributed by atoms with Gasteiger partial charge in [-0.15, -0.1) is 5.10 Å². The lowest BCUT2D eigenvalue weighted by molar-refractivity contribution is -0.122. The SMILES string of the molecule is COC(=O)c1nnn(CC(=O)NC(C)C(C)C)c1CCN. The van der Waals surface area contributed by atoms with E-state index in [1.807, 2.05) is 20.8 Å². The van der Waals surface area contributed by atoms with Crippen molar-refractivity contribution in [3.05, 3.63) is 11.4 Å². The summed E-state index contributed by atoms with van der Waals surface area (Å²) in [5.41, 5.74) is 6.14. The third kappa shape index (κ3) is 4.52. The van der Waals surface area contributed by atoms with Crippen LogP contribution in [0.4, 0.5) is 0 Å². The average molecular weight is 297 g/mol. The minimum atomic E-state index is -0.583. The Morgan fingerprint density at radius 3 is 2.57 bits per heavy atom. The van der Waals surface area contributed by atoms with E-state index in [0.29, 0.717) is 24.6 Å². The lowest BCUT2D eigenvalue weighted by Gasteiger charge is -2.17. The lowest BCUT2D eigenvalue weighted by atomic mass is 10.1. The van der Waals surface area contributed by atoms with Crippen molar-refractivity contribution in [1.82, 2.24) is 20.3 Å². The molecule has 8 heteroatoms. The van der Waals surface area contributed by atoms with Crippen LogP contribution in [0.15, 0.2) is 0 Å². The summed E-state index contributed by atoms with van der Waals surface area (Å²) in [6.45, 7) is 6.30. The highest BCUT2D eigenvalue weighted by Gasteiger charge is 2.21. The van der Waals surface area contributed by atoms with E-state index in [4.69, 9.17) is 5.73 Å². The summed E-state index contributed by atoms with van der Waals surface area (Å²) in [4.78, 5) is 23.6. The van der Waals surface area contributed by atoms with Crippen LogP contribution in [-0.4, -0.2) is 46.6 Å². The Bertz CT molecular complexity index is 498. The van der Waals surface area contributed by atoms with Crippen LogP contribution >= 0.6 is 0 Å². The molecule has 0 radical (unpaired) electrons. The molecular weight excluding hydrogens is 274 g/mol. The Morgan fingerprint density at radius 2 is 2.05 bits per heavy atom. The zero-order chi connectivity index (χ0) is 16.0. The summed E-state index contributed by atoms with van der Waals surface area (Å²) in [5, 5.41) is 10.5. The monoisotopic (exact) mass is 297 g/mol. The molecule has 0 spiro atoms. The molecule has 0 fully saturated rings. The molecule has 1 aromatic heterocycles. The van der Waals surface area contributed by atoms with E-state index < -0.39 is 5.97 Å². The molecule has 21 heavy (non-hydrogen) atoms. The first kappa shape index (κ1) is 17.1. The Labute approximate surface area is 124 Å². The van der Waals surface area contributed by atoms with Gasteiger partial charge in [-0.05, 0) is 19.4 Å². The largest absolute Gasteiger partial charge is 0.464 e. The van der Waals surface area contributed by atoms with E-state index in [0.717, 1.165) is 0 Å². The van der Waals surface area contributed by atoms with Gasteiger partial charge in [-0.1, -0.05) is 19.1 Å². The van der Waals surface area contributed by atoms with Crippen molar-refractivity contribution in [3.63, 3.8) is 0 Å². The van der Waals surface area contributed by atoms with Crippen molar-refractivity contribution in [3.8, 4) is 0 Å². The van der Waals surface area contributed by atoms with Gasteiger partial charge in [0.25, 0.3) is 0 Å². The number of nitrogens with one attached hydrogen (secondary N) is 1. The number of hydrogen-bond donors (Lipinski definition) is 2. The quantitative estimate of drug-likeness (QED) is 0.670. The minimum Gasteiger partial charge on any atom is -0.464 e. The topological polar surface area (TPSA) is 112 Å². The van der Waals surface area contributed by atoms with Gasteiger partial charge in [0.15, 0.2) is 5.69 Å². The van der Waals surface area contributed by atoms with Crippen LogP contribution in [0.1, 0.15) is 37.0 Å². The molecule has 0 aliphatic rings. The van der Waals surface area contributed by atoms with E-state index in [1.54, 1.807) is 0 Å². The van der Waals surface area contributed by atoms with E-state index in [2.05, 4.69) is 20.4 Å². The van der Waals surface area contributed by atoms with Gasteiger partial charge in [-0.2, -0.15) is 0 Å². The zero-order valence-electron chi connectivity index (χ0n) is 12.9. The zero-order valence-corrected chi connectivity index (χ0v) is 12.9. The van der Waals surface area contributed by atoms with E-state index in [9.17, 15) is 9.59 Å². The number of carbonyl (C=O) groups excluding carboxylic acids is 2. The van der Waals surface area contributed by atoms with Gasteiger partial charge in [0.05, 0.1) is 12.8 Å². The molecule has 118 valence electrons. The van der Waals surface area contributed by atoms with Gasteiger partial charge in [-0.25, -0.2) is 9.48 Å². The number of nitrogens with two attached hydrogens (primary N) is 1. The van der Waals surface area contributed by atoms with Crippen LogP contribution in [0.2, 0.25) is 0 Å². The smallest absolute Gasteiger partial charge is 0.360 e. The number of methoxy groups -OCH3 is 1. The van der Waals surface area contributed by atoms with Gasteiger partial charge in [-0.3, -0.25) is 4.79 Å². The second-order valence-corrected chi connectivity index (χ2v) is 5.17. The molecule has 1 heterocycles. The van der Waals surface area contributed by atoms with Gasteiger partial charge >= 0.3 is 5.97 Å². The molecule has 0 aliphatic heterocycles. The summed E-state index contributed by atoms with van der Waals surface area (Å²) < 4.78 is 6.03. The summed E-state index contributed by atoms with van der Waals surface area (Å²) in [6, 6.07) is 0.0547. The van der Waals surface area contributed by atoms with Crippen molar-refractivity contribution in [2.75, 3.05) is 13.7 Å². The van der Waals surface area contributed by atoms with Crippen LogP contribution in [0.5, 0.6) is 0 Å². The lowest BCUT2D eigenvalue weighted by Crippen LogP contribution is -2.38. The maximum absolute atomic E-state index is 12.0. The Morgan fingerprint density at radius 1 is 1.38 bits per heavy atom. The highest BCUT2D eigenvalue weighted by atomic mass is 16.5. The maximum Gasteiger partial charge on any atom is 0.360 e. The molecule has 0 aromatic carbocycles. The van der Waals surface area contributed by atoms with Crippen LogP contribution in [0.3, 0.4) is 0 Å². The maximum atomic E-state index is 12.0. The molecule has 0 saturated carbocycles. The fourth-order valence-corrected chi connectivity index (χ4v) is 1.70. The molecule has 0 bridgehead atoms. The predicted octanol–water partition coefficient (Wildman–Crippen LogP) is -0.273. The third-order valence-corrected chi connectivity index (χ3v) is 3.28. The number of carbonyl (C=O) groups is 2. The van der Waals surface area contributed by atoms with Gasteiger partial charge in [0.2, 0.25) is 5.91 Å². The molecule has 1 unspecified atom stereocenters. The first-order valence-corrected chi connectivity index (χ1v) is 6.90. The Balaban J connectivity index is 2.85. The first-order valence-electron chi connectivity index (χ1n) is 6.90. The van der Waals surface area contributed by atoms with Crippen molar-refractivity contribution < 1.29 is 14.3 Å².